The van der Waals surface area contributed by atoms with Crippen molar-refractivity contribution in [1.82, 2.24) is 9.78 Å². The Balaban J connectivity index is 1.46. The number of carbonyl (C=O) groups excluding carboxylic acids is 1. The Morgan fingerprint density at radius 2 is 1.81 bits per heavy atom. The van der Waals surface area contributed by atoms with Crippen LogP contribution in [0.4, 0.5) is 11.4 Å². The fourth-order valence-corrected chi connectivity index (χ4v) is 2.99. The second-order valence-corrected chi connectivity index (χ2v) is 6.10. The molecule has 1 aliphatic rings. The molecular weight excluding hydrogens is 328 g/mol. The first-order valence-corrected chi connectivity index (χ1v) is 8.64. The number of morpholine rings is 1. The predicted molar refractivity (Wildman–Crippen MR) is 101 cm³/mol. The highest BCUT2D eigenvalue weighted by molar-refractivity contribution is 6.04. The van der Waals surface area contributed by atoms with E-state index in [1.54, 1.807) is 23.0 Å². The van der Waals surface area contributed by atoms with Gasteiger partial charge in [-0.05, 0) is 48.5 Å². The van der Waals surface area contributed by atoms with Crippen LogP contribution < -0.4 is 10.2 Å². The first-order valence-electron chi connectivity index (χ1n) is 8.64. The molecule has 1 fully saturated rings. The SMILES string of the molecule is O=C(Nc1cccc(N2CCOCC2)c1)c1ccc(-n2cccn2)cc1. The number of nitrogens with zero attached hydrogens (tertiary/aromatic N) is 3. The number of hydrogen-bond acceptors (Lipinski definition) is 4. The minimum absolute atomic E-state index is 0.129. The molecule has 0 bridgehead atoms. The quantitative estimate of drug-likeness (QED) is 0.787. The summed E-state index contributed by atoms with van der Waals surface area (Å²) in [4.78, 5) is 14.8. The maximum absolute atomic E-state index is 12.5. The molecule has 1 aliphatic heterocycles. The molecule has 0 saturated carbocycles. The third-order valence-electron chi connectivity index (χ3n) is 4.38. The Kier molecular flexibility index (Phi) is 4.66. The van der Waals surface area contributed by atoms with Crippen molar-refractivity contribution in [2.24, 2.45) is 0 Å². The Labute approximate surface area is 152 Å². The summed E-state index contributed by atoms with van der Waals surface area (Å²) in [7, 11) is 0. The maximum Gasteiger partial charge on any atom is 0.255 e. The summed E-state index contributed by atoms with van der Waals surface area (Å²) in [5.74, 6) is -0.129. The van der Waals surface area contributed by atoms with Gasteiger partial charge in [0.2, 0.25) is 0 Å². The average molecular weight is 348 g/mol. The third-order valence-corrected chi connectivity index (χ3v) is 4.38. The van der Waals surface area contributed by atoms with Crippen LogP contribution in [0.5, 0.6) is 0 Å². The average Bonchev–Trinajstić information content (AvgIpc) is 3.24. The van der Waals surface area contributed by atoms with Crippen LogP contribution in [-0.4, -0.2) is 42.0 Å². The molecule has 1 N–H and O–H groups in total. The summed E-state index contributed by atoms with van der Waals surface area (Å²) in [6, 6.07) is 17.2. The lowest BCUT2D eigenvalue weighted by Gasteiger charge is -2.29. The lowest BCUT2D eigenvalue weighted by molar-refractivity contribution is 0.102. The monoisotopic (exact) mass is 348 g/mol. The summed E-state index contributed by atoms with van der Waals surface area (Å²) < 4.78 is 7.15. The zero-order valence-electron chi connectivity index (χ0n) is 14.3. The number of carbonyl (C=O) groups is 1. The molecule has 2 aromatic carbocycles. The summed E-state index contributed by atoms with van der Waals surface area (Å²) >= 11 is 0. The fraction of sp³-hybridized carbons (Fsp3) is 0.200. The van der Waals surface area contributed by atoms with Crippen LogP contribution in [-0.2, 0) is 4.74 Å². The Morgan fingerprint density at radius 1 is 1.00 bits per heavy atom. The molecule has 1 saturated heterocycles. The standard InChI is InChI=1S/C20H20N4O2/c25-20(16-5-7-18(8-6-16)24-10-2-9-21-24)22-17-3-1-4-19(15-17)23-11-13-26-14-12-23/h1-10,15H,11-14H2,(H,22,25). The van der Waals surface area contributed by atoms with Gasteiger partial charge in [-0.1, -0.05) is 6.07 Å². The van der Waals surface area contributed by atoms with Crippen molar-refractivity contribution in [1.29, 1.82) is 0 Å². The van der Waals surface area contributed by atoms with Crippen molar-refractivity contribution < 1.29 is 9.53 Å². The molecule has 132 valence electrons. The van der Waals surface area contributed by atoms with Crippen LogP contribution >= 0.6 is 0 Å². The van der Waals surface area contributed by atoms with Crippen molar-refractivity contribution >= 4 is 17.3 Å². The van der Waals surface area contributed by atoms with E-state index in [0.717, 1.165) is 43.4 Å². The van der Waals surface area contributed by atoms with Crippen molar-refractivity contribution in [3.63, 3.8) is 0 Å². The molecule has 0 radical (unpaired) electrons. The number of rotatable bonds is 4. The summed E-state index contributed by atoms with van der Waals surface area (Å²) in [6.07, 6.45) is 3.59. The number of benzene rings is 2. The number of aromatic nitrogens is 2. The van der Waals surface area contributed by atoms with Gasteiger partial charge in [0.1, 0.15) is 0 Å². The number of amides is 1. The van der Waals surface area contributed by atoms with Gasteiger partial charge in [0.25, 0.3) is 5.91 Å². The highest BCUT2D eigenvalue weighted by atomic mass is 16.5. The minimum Gasteiger partial charge on any atom is -0.378 e. The van der Waals surface area contributed by atoms with Crippen LogP contribution in [0, 0.1) is 0 Å². The van der Waals surface area contributed by atoms with Gasteiger partial charge in [0.05, 0.1) is 18.9 Å². The second-order valence-electron chi connectivity index (χ2n) is 6.10. The molecule has 6 nitrogen and oxygen atoms in total. The fourth-order valence-electron chi connectivity index (χ4n) is 2.99. The van der Waals surface area contributed by atoms with E-state index in [0.29, 0.717) is 5.56 Å². The largest absolute Gasteiger partial charge is 0.378 e. The molecule has 3 aromatic rings. The van der Waals surface area contributed by atoms with E-state index in [4.69, 9.17) is 4.74 Å². The molecule has 6 heteroatoms. The number of ether oxygens (including phenoxy) is 1. The lowest BCUT2D eigenvalue weighted by atomic mass is 10.2. The topological polar surface area (TPSA) is 59.4 Å². The van der Waals surface area contributed by atoms with E-state index in [2.05, 4.69) is 21.4 Å². The van der Waals surface area contributed by atoms with E-state index in [1.165, 1.54) is 0 Å². The lowest BCUT2D eigenvalue weighted by Crippen LogP contribution is -2.36. The van der Waals surface area contributed by atoms with Gasteiger partial charge in [0, 0.05) is 42.4 Å². The molecular formula is C20H20N4O2. The number of nitrogens with one attached hydrogen (secondary N) is 1. The first kappa shape index (κ1) is 16.4. The number of hydrogen-bond donors (Lipinski definition) is 1. The molecule has 1 amide bonds. The second kappa shape index (κ2) is 7.41. The molecule has 0 aliphatic carbocycles. The Bertz CT molecular complexity index is 869. The smallest absolute Gasteiger partial charge is 0.255 e. The van der Waals surface area contributed by atoms with Crippen LogP contribution in [0.25, 0.3) is 5.69 Å². The highest BCUT2D eigenvalue weighted by Crippen LogP contribution is 2.21. The van der Waals surface area contributed by atoms with Gasteiger partial charge in [-0.3, -0.25) is 4.79 Å². The molecule has 2 heterocycles. The molecule has 1 aromatic heterocycles. The molecule has 4 rings (SSSR count). The van der Waals surface area contributed by atoms with Gasteiger partial charge in [-0.2, -0.15) is 5.10 Å². The van der Waals surface area contributed by atoms with Crippen molar-refractivity contribution in [2.75, 3.05) is 36.5 Å². The maximum atomic E-state index is 12.5. The summed E-state index contributed by atoms with van der Waals surface area (Å²) in [6.45, 7) is 3.21. The van der Waals surface area contributed by atoms with E-state index >= 15 is 0 Å². The molecule has 0 unspecified atom stereocenters. The third kappa shape index (κ3) is 3.60. The van der Waals surface area contributed by atoms with E-state index < -0.39 is 0 Å². The zero-order valence-corrected chi connectivity index (χ0v) is 14.3. The van der Waals surface area contributed by atoms with Gasteiger partial charge >= 0.3 is 0 Å². The van der Waals surface area contributed by atoms with Crippen LogP contribution in [0.1, 0.15) is 10.4 Å². The summed E-state index contributed by atoms with van der Waals surface area (Å²) in [5, 5.41) is 7.16. The predicted octanol–water partition coefficient (Wildman–Crippen LogP) is 2.96. The van der Waals surface area contributed by atoms with Crippen molar-refractivity contribution in [2.45, 2.75) is 0 Å². The minimum atomic E-state index is -0.129. The van der Waals surface area contributed by atoms with Gasteiger partial charge < -0.3 is 15.0 Å². The normalized spacial score (nSPS) is 14.2. The van der Waals surface area contributed by atoms with Crippen LogP contribution in [0.3, 0.4) is 0 Å². The highest BCUT2D eigenvalue weighted by Gasteiger charge is 2.12. The van der Waals surface area contributed by atoms with Gasteiger partial charge in [-0.15, -0.1) is 0 Å². The first-order chi connectivity index (χ1) is 12.8. The number of anilines is 2. The van der Waals surface area contributed by atoms with Gasteiger partial charge in [0.15, 0.2) is 0 Å². The van der Waals surface area contributed by atoms with Gasteiger partial charge in [-0.25, -0.2) is 4.68 Å². The molecule has 0 atom stereocenters. The Morgan fingerprint density at radius 3 is 2.54 bits per heavy atom. The molecule has 0 spiro atoms. The van der Waals surface area contributed by atoms with Crippen LogP contribution in [0.2, 0.25) is 0 Å². The summed E-state index contributed by atoms with van der Waals surface area (Å²) in [5.41, 5.74) is 3.41. The van der Waals surface area contributed by atoms with Crippen molar-refractivity contribution in [3.05, 3.63) is 72.6 Å². The van der Waals surface area contributed by atoms with E-state index in [-0.39, 0.29) is 5.91 Å². The Hall–Kier alpha value is -3.12. The molecule has 26 heavy (non-hydrogen) atoms. The van der Waals surface area contributed by atoms with E-state index in [1.807, 2.05) is 42.6 Å². The zero-order chi connectivity index (χ0) is 17.8. The van der Waals surface area contributed by atoms with Crippen LogP contribution in [0.15, 0.2) is 67.0 Å². The van der Waals surface area contributed by atoms with Crippen molar-refractivity contribution in [3.8, 4) is 5.69 Å². The van der Waals surface area contributed by atoms with E-state index in [9.17, 15) is 4.79 Å².